The van der Waals surface area contributed by atoms with Crippen molar-refractivity contribution in [3.05, 3.63) is 11.6 Å². The molecule has 2 saturated heterocycles. The Morgan fingerprint density at radius 2 is 2.23 bits per heavy atom. The molecule has 1 amide bonds. The van der Waals surface area contributed by atoms with Crippen LogP contribution in [0.2, 0.25) is 0 Å². The summed E-state index contributed by atoms with van der Waals surface area (Å²) in [5, 5.41) is 4.18. The number of rotatable bonds is 4. The van der Waals surface area contributed by atoms with Crippen molar-refractivity contribution in [2.45, 2.75) is 70.7 Å². The van der Waals surface area contributed by atoms with E-state index < -0.39 is 5.50 Å². The van der Waals surface area contributed by atoms with Crippen molar-refractivity contribution in [1.29, 1.82) is 0 Å². The summed E-state index contributed by atoms with van der Waals surface area (Å²) in [6.07, 6.45) is 6.94. The third kappa shape index (κ3) is 3.70. The number of hydrazone groups is 1. The Bertz CT molecular complexity index is 807. The summed E-state index contributed by atoms with van der Waals surface area (Å²) < 4.78 is 0. The molecule has 8 nitrogen and oxygen atoms in total. The van der Waals surface area contributed by atoms with Gasteiger partial charge in [-0.2, -0.15) is 5.10 Å². The number of halogens is 1. The lowest BCUT2D eigenvalue weighted by Crippen LogP contribution is -2.46. The lowest BCUT2D eigenvalue weighted by molar-refractivity contribution is -0.121. The van der Waals surface area contributed by atoms with E-state index in [-0.39, 0.29) is 24.0 Å². The van der Waals surface area contributed by atoms with Crippen molar-refractivity contribution in [2.24, 2.45) is 21.0 Å². The molecular formula is C21H32ClN7O. The predicted molar refractivity (Wildman–Crippen MR) is 121 cm³/mol. The van der Waals surface area contributed by atoms with Crippen molar-refractivity contribution in [2.75, 3.05) is 19.6 Å². The standard InChI is InChI=1S/C21H32ClN7O/c1-5-17(20-26-23-12-27(20)6-2)24-14(4)29-11-16-15(21(29)30)10-18(25-19(16)22)28-9-7-8-13(28)3/h10,12-13,16-17,19-20,26H,5-9,11H2,1-4H3/b24-14+/t13-,16?,17?,19?,20?/m1/s1. The second-order valence-corrected chi connectivity index (χ2v) is 8.91. The summed E-state index contributed by atoms with van der Waals surface area (Å²) >= 11 is 6.64. The molecule has 0 aromatic carbocycles. The van der Waals surface area contributed by atoms with E-state index in [1.807, 2.05) is 19.3 Å². The van der Waals surface area contributed by atoms with Crippen molar-refractivity contribution >= 4 is 35.5 Å². The number of amidine groups is 2. The third-order valence-electron chi connectivity index (χ3n) is 6.65. The van der Waals surface area contributed by atoms with Gasteiger partial charge in [0.25, 0.3) is 5.91 Å². The first-order valence-corrected chi connectivity index (χ1v) is 11.5. The Kier molecular flexibility index (Phi) is 6.04. The molecule has 5 atom stereocenters. The van der Waals surface area contributed by atoms with Gasteiger partial charge in [-0.25, -0.2) is 4.99 Å². The zero-order valence-electron chi connectivity index (χ0n) is 18.3. The number of likely N-dealkylation sites (tertiary alicyclic amines) is 2. The summed E-state index contributed by atoms with van der Waals surface area (Å²) in [4.78, 5) is 29.1. The molecule has 164 valence electrons. The van der Waals surface area contributed by atoms with Gasteiger partial charge in [0.05, 0.1) is 6.04 Å². The monoisotopic (exact) mass is 433 g/mol. The van der Waals surface area contributed by atoms with Crippen LogP contribution in [0.3, 0.4) is 0 Å². The molecule has 2 fully saturated rings. The lowest BCUT2D eigenvalue weighted by atomic mass is 9.99. The van der Waals surface area contributed by atoms with Crippen LogP contribution in [0, 0.1) is 5.92 Å². The molecule has 4 unspecified atom stereocenters. The van der Waals surface area contributed by atoms with E-state index in [9.17, 15) is 4.79 Å². The largest absolute Gasteiger partial charge is 0.354 e. The fraction of sp³-hybridized carbons (Fsp3) is 0.714. The molecule has 1 N–H and O–H groups in total. The number of carbonyl (C=O) groups excluding carboxylic acids is 1. The normalized spacial score (nSPS) is 32.4. The van der Waals surface area contributed by atoms with Gasteiger partial charge in [0, 0.05) is 37.2 Å². The Labute approximate surface area is 183 Å². The van der Waals surface area contributed by atoms with Crippen molar-refractivity contribution in [1.82, 2.24) is 20.1 Å². The first-order chi connectivity index (χ1) is 14.4. The second kappa shape index (κ2) is 8.57. The van der Waals surface area contributed by atoms with Crippen LogP contribution < -0.4 is 5.43 Å². The minimum Gasteiger partial charge on any atom is -0.354 e. The number of nitrogens with one attached hydrogen (secondary N) is 1. The van der Waals surface area contributed by atoms with Gasteiger partial charge in [0.1, 0.15) is 29.7 Å². The number of amides is 1. The molecule has 0 radical (unpaired) electrons. The molecule has 0 aliphatic carbocycles. The fourth-order valence-corrected chi connectivity index (χ4v) is 5.12. The Morgan fingerprint density at radius 1 is 1.43 bits per heavy atom. The average Bonchev–Trinajstić information content (AvgIpc) is 3.45. The molecule has 4 aliphatic heterocycles. The van der Waals surface area contributed by atoms with Crippen molar-refractivity contribution < 1.29 is 4.79 Å². The maximum absolute atomic E-state index is 13.3. The first kappa shape index (κ1) is 21.2. The van der Waals surface area contributed by atoms with Gasteiger partial charge >= 0.3 is 0 Å². The van der Waals surface area contributed by atoms with Crippen LogP contribution in [0.4, 0.5) is 0 Å². The highest BCUT2D eigenvalue weighted by Gasteiger charge is 2.43. The molecule has 0 saturated carbocycles. The van der Waals surface area contributed by atoms with Crippen LogP contribution in [0.5, 0.6) is 0 Å². The molecule has 9 heteroatoms. The van der Waals surface area contributed by atoms with Crippen LogP contribution in [-0.4, -0.2) is 82.0 Å². The van der Waals surface area contributed by atoms with Crippen LogP contribution in [0.1, 0.15) is 47.0 Å². The number of aliphatic imine (C=N–C) groups is 2. The number of carbonyl (C=O) groups is 1. The predicted octanol–water partition coefficient (Wildman–Crippen LogP) is 2.22. The number of likely N-dealkylation sites (N-methyl/N-ethyl adjacent to an activating group) is 1. The maximum atomic E-state index is 13.3. The molecule has 4 aliphatic rings. The number of fused-ring (bicyclic) bond motifs is 1. The van der Waals surface area contributed by atoms with Gasteiger partial charge in [0.2, 0.25) is 0 Å². The van der Waals surface area contributed by atoms with Gasteiger partial charge in [-0.3, -0.25) is 20.1 Å². The zero-order chi connectivity index (χ0) is 21.4. The highest BCUT2D eigenvalue weighted by Crippen LogP contribution is 2.35. The van der Waals surface area contributed by atoms with E-state index in [2.05, 4.69) is 41.1 Å². The molecule has 0 aromatic rings. The maximum Gasteiger partial charge on any atom is 0.255 e. The van der Waals surface area contributed by atoms with E-state index in [1.54, 1.807) is 4.90 Å². The van der Waals surface area contributed by atoms with Gasteiger partial charge in [-0.1, -0.05) is 18.5 Å². The summed E-state index contributed by atoms with van der Waals surface area (Å²) in [7, 11) is 0. The van der Waals surface area contributed by atoms with Crippen molar-refractivity contribution in [3.8, 4) is 0 Å². The van der Waals surface area contributed by atoms with E-state index in [0.29, 0.717) is 12.6 Å². The highest BCUT2D eigenvalue weighted by atomic mass is 35.5. The molecule has 4 rings (SSSR count). The quantitative estimate of drug-likeness (QED) is 0.319. The third-order valence-corrected chi connectivity index (χ3v) is 7.05. The highest BCUT2D eigenvalue weighted by molar-refractivity contribution is 6.24. The number of hydrogen-bond donors (Lipinski definition) is 1. The van der Waals surface area contributed by atoms with Crippen LogP contribution in [0.25, 0.3) is 0 Å². The van der Waals surface area contributed by atoms with Gasteiger partial charge in [-0.15, -0.1) is 0 Å². The summed E-state index contributed by atoms with van der Waals surface area (Å²) in [6.45, 7) is 10.7. The SMILES string of the molecule is CCC(/N=C(\C)N1CC2C(=CC(N3CCC[C@H]3C)=NC2Cl)C1=O)C1NN=CN1CC. The number of nitrogens with zero attached hydrogens (tertiary/aromatic N) is 6. The average molecular weight is 434 g/mol. The van der Waals surface area contributed by atoms with E-state index in [0.717, 1.165) is 49.6 Å². The summed E-state index contributed by atoms with van der Waals surface area (Å²) in [6, 6.07) is 0.436. The minimum absolute atomic E-state index is 0.000849. The van der Waals surface area contributed by atoms with Gasteiger partial charge < -0.3 is 9.80 Å². The lowest BCUT2D eigenvalue weighted by Gasteiger charge is -2.28. The molecule has 0 bridgehead atoms. The minimum atomic E-state index is -0.419. The molecule has 0 aromatic heterocycles. The van der Waals surface area contributed by atoms with E-state index in [4.69, 9.17) is 21.6 Å². The molecule has 0 spiro atoms. The smallest absolute Gasteiger partial charge is 0.255 e. The van der Waals surface area contributed by atoms with Gasteiger partial charge in [0.15, 0.2) is 0 Å². The summed E-state index contributed by atoms with van der Waals surface area (Å²) in [5.74, 6) is 1.50. The fourth-order valence-electron chi connectivity index (χ4n) is 4.81. The molecule has 4 heterocycles. The van der Waals surface area contributed by atoms with Crippen molar-refractivity contribution in [3.63, 3.8) is 0 Å². The van der Waals surface area contributed by atoms with Gasteiger partial charge in [-0.05, 0) is 46.1 Å². The Balaban J connectivity index is 1.53. The second-order valence-electron chi connectivity index (χ2n) is 8.47. The number of alkyl halides is 1. The number of dihydropyridines is 1. The first-order valence-electron chi connectivity index (χ1n) is 11.0. The van der Waals surface area contributed by atoms with E-state index >= 15 is 0 Å². The number of hydrogen-bond acceptors (Lipinski definition) is 7. The zero-order valence-corrected chi connectivity index (χ0v) is 19.0. The molecular weight excluding hydrogens is 402 g/mol. The molecule has 30 heavy (non-hydrogen) atoms. The van der Waals surface area contributed by atoms with Crippen LogP contribution in [0.15, 0.2) is 26.7 Å². The Morgan fingerprint density at radius 3 is 2.90 bits per heavy atom. The van der Waals surface area contributed by atoms with Crippen LogP contribution in [-0.2, 0) is 4.79 Å². The van der Waals surface area contributed by atoms with Crippen LogP contribution >= 0.6 is 11.6 Å². The summed E-state index contributed by atoms with van der Waals surface area (Å²) in [5.41, 5.74) is 3.49. The van der Waals surface area contributed by atoms with E-state index in [1.165, 1.54) is 0 Å². The topological polar surface area (TPSA) is 75.9 Å². The Hall–Kier alpha value is -2.09.